The molecule has 2 aliphatic rings. The molecule has 0 amide bonds. The smallest absolute Gasteiger partial charge is 0.179 e. The average molecular weight is 555 g/mol. The van der Waals surface area contributed by atoms with E-state index in [-0.39, 0.29) is 6.04 Å². The molecule has 0 fully saturated rings. The number of aromatic nitrogens is 2. The van der Waals surface area contributed by atoms with Crippen molar-refractivity contribution in [1.29, 1.82) is 0 Å². The summed E-state index contributed by atoms with van der Waals surface area (Å²) in [7, 11) is 3.35. The van der Waals surface area contributed by atoms with Crippen LogP contribution in [0.2, 0.25) is 0 Å². The van der Waals surface area contributed by atoms with Gasteiger partial charge in [-0.3, -0.25) is 0 Å². The number of nitrogens with one attached hydrogen (secondary N) is 1. The first kappa shape index (κ1) is 25.6. The number of hydrogen-bond acceptors (Lipinski definition) is 7. The van der Waals surface area contributed by atoms with E-state index >= 15 is 0 Å². The predicted molar refractivity (Wildman–Crippen MR) is 168 cm³/mol. The molecular weight excluding hydrogens is 524 g/mol. The monoisotopic (exact) mass is 554 g/mol. The molecule has 5 aromatic rings. The minimum atomic E-state index is -0.230. The van der Waals surface area contributed by atoms with E-state index in [4.69, 9.17) is 24.6 Å². The van der Waals surface area contributed by atoms with Crippen molar-refractivity contribution >= 4 is 34.6 Å². The van der Waals surface area contributed by atoms with E-state index < -0.39 is 0 Å². The second-order valence-electron chi connectivity index (χ2n) is 10.4. The van der Waals surface area contributed by atoms with Gasteiger partial charge < -0.3 is 19.7 Å². The van der Waals surface area contributed by atoms with Crippen LogP contribution < -0.4 is 19.7 Å². The van der Waals surface area contributed by atoms with Crippen LogP contribution >= 0.6 is 0 Å². The second kappa shape index (κ2) is 10.2. The number of amidine groups is 2. The molecule has 1 unspecified atom stereocenters. The molecule has 8 heteroatoms. The zero-order valence-corrected chi connectivity index (χ0v) is 23.9. The predicted octanol–water partition coefficient (Wildman–Crippen LogP) is 7.30. The number of aryl methyl sites for hydroxylation is 2. The number of para-hydroxylation sites is 2. The third-order valence-corrected chi connectivity index (χ3v) is 7.68. The maximum absolute atomic E-state index is 5.66. The Morgan fingerprint density at radius 3 is 2.29 bits per heavy atom. The molecule has 7 rings (SSSR count). The summed E-state index contributed by atoms with van der Waals surface area (Å²) in [5, 5.41) is 8.57. The van der Waals surface area contributed by atoms with Gasteiger partial charge in [-0.1, -0.05) is 42.0 Å². The maximum Gasteiger partial charge on any atom is 0.179 e. The van der Waals surface area contributed by atoms with Crippen molar-refractivity contribution in [3.05, 3.63) is 119 Å². The highest BCUT2D eigenvalue weighted by Crippen LogP contribution is 2.48. The number of methoxy groups -OCH3 is 2. The Morgan fingerprint density at radius 2 is 1.52 bits per heavy atom. The van der Waals surface area contributed by atoms with Crippen LogP contribution in [0, 0.1) is 13.8 Å². The lowest BCUT2D eigenvalue weighted by molar-refractivity contribution is 0.414. The van der Waals surface area contributed by atoms with Gasteiger partial charge in [0.25, 0.3) is 0 Å². The summed E-state index contributed by atoms with van der Waals surface area (Å²) in [6.07, 6.45) is 0. The molecule has 1 atom stereocenters. The van der Waals surface area contributed by atoms with E-state index in [0.717, 1.165) is 56.9 Å². The zero-order chi connectivity index (χ0) is 28.8. The van der Waals surface area contributed by atoms with E-state index in [1.807, 2.05) is 59.3 Å². The number of rotatable bonds is 5. The van der Waals surface area contributed by atoms with E-state index in [9.17, 15) is 0 Å². The summed E-state index contributed by atoms with van der Waals surface area (Å²) in [5.74, 6) is 3.70. The van der Waals surface area contributed by atoms with Crippen molar-refractivity contribution in [3.63, 3.8) is 0 Å². The van der Waals surface area contributed by atoms with Crippen molar-refractivity contribution in [2.75, 3.05) is 24.4 Å². The largest absolute Gasteiger partial charge is 0.497 e. The van der Waals surface area contributed by atoms with Gasteiger partial charge in [0.1, 0.15) is 11.5 Å². The molecule has 208 valence electrons. The summed E-state index contributed by atoms with van der Waals surface area (Å²) in [5.41, 5.74) is 7.84. The number of hydrogen-bond donors (Lipinski definition) is 1. The summed E-state index contributed by atoms with van der Waals surface area (Å²) in [6, 6.07) is 32.3. The van der Waals surface area contributed by atoms with Gasteiger partial charge in [0, 0.05) is 11.3 Å². The Balaban J connectivity index is 1.47. The molecule has 42 heavy (non-hydrogen) atoms. The van der Waals surface area contributed by atoms with Crippen LogP contribution in [0.1, 0.15) is 28.4 Å². The topological polar surface area (TPSA) is 76.3 Å². The minimum Gasteiger partial charge on any atom is -0.497 e. The third-order valence-electron chi connectivity index (χ3n) is 7.68. The van der Waals surface area contributed by atoms with E-state index in [1.54, 1.807) is 14.2 Å². The minimum absolute atomic E-state index is 0.230. The molecule has 3 heterocycles. The summed E-state index contributed by atoms with van der Waals surface area (Å²) in [6.45, 7) is 4.13. The van der Waals surface area contributed by atoms with Gasteiger partial charge in [-0.15, -0.1) is 0 Å². The number of nitrogens with zero attached hydrogens (tertiary/aromatic N) is 5. The lowest BCUT2D eigenvalue weighted by atomic mass is 9.93. The Bertz CT molecular complexity index is 1850. The number of ether oxygens (including phenoxy) is 2. The molecule has 2 aliphatic heterocycles. The zero-order valence-electron chi connectivity index (χ0n) is 23.9. The fourth-order valence-corrected chi connectivity index (χ4v) is 5.60. The van der Waals surface area contributed by atoms with Gasteiger partial charge in [0.2, 0.25) is 0 Å². The van der Waals surface area contributed by atoms with E-state index in [0.29, 0.717) is 11.7 Å². The van der Waals surface area contributed by atoms with Crippen molar-refractivity contribution in [2.45, 2.75) is 19.9 Å². The Hall–Kier alpha value is -5.37. The quantitative estimate of drug-likeness (QED) is 0.247. The highest BCUT2D eigenvalue weighted by Gasteiger charge is 2.41. The van der Waals surface area contributed by atoms with Crippen molar-refractivity contribution in [1.82, 2.24) is 9.78 Å². The van der Waals surface area contributed by atoms with Crippen LogP contribution in [0.3, 0.4) is 0 Å². The first-order valence-corrected chi connectivity index (χ1v) is 13.8. The van der Waals surface area contributed by atoms with Crippen LogP contribution in [0.25, 0.3) is 5.69 Å². The van der Waals surface area contributed by atoms with Gasteiger partial charge in [-0.25, -0.2) is 14.7 Å². The molecule has 0 radical (unpaired) electrons. The second-order valence-corrected chi connectivity index (χ2v) is 10.4. The standard InChI is InChI=1S/C34H30N6O2/c1-21-12-16-25(17-13-21)40-33-30(22(2)38-40)31(23-8-7-9-27(20-23)42-4)39-29-11-6-5-10-28(29)36-32(34(39)37-33)35-24-14-18-26(41-3)19-15-24/h5-20,31H,1-4H3,(H,35,36). The van der Waals surface area contributed by atoms with E-state index in [1.165, 1.54) is 5.56 Å². The maximum atomic E-state index is 5.66. The fraction of sp³-hybridized carbons (Fsp3) is 0.147. The normalized spacial score (nSPS) is 15.1. The number of anilines is 2. The molecule has 1 N–H and O–H groups in total. The van der Waals surface area contributed by atoms with Crippen LogP contribution in [-0.4, -0.2) is 35.7 Å². The van der Waals surface area contributed by atoms with Crippen LogP contribution in [0.5, 0.6) is 11.5 Å². The average Bonchev–Trinajstić information content (AvgIpc) is 3.36. The van der Waals surface area contributed by atoms with Crippen LogP contribution in [0.4, 0.5) is 22.9 Å². The molecular formula is C34H30N6O2. The Kier molecular flexibility index (Phi) is 6.23. The van der Waals surface area contributed by atoms with Crippen LogP contribution in [-0.2, 0) is 0 Å². The van der Waals surface area contributed by atoms with Crippen molar-refractivity contribution < 1.29 is 9.47 Å². The Labute approximate surface area is 244 Å². The SMILES string of the molecule is COc1ccc(NC2=Nc3ccccc3N3C2=Nc2c(c(C)nn2-c2ccc(C)cc2)C3c2cccc(OC)c2)cc1. The number of fused-ring (bicyclic) bond motifs is 4. The summed E-state index contributed by atoms with van der Waals surface area (Å²) in [4.78, 5) is 12.6. The molecule has 4 aromatic carbocycles. The molecule has 8 nitrogen and oxygen atoms in total. The first-order chi connectivity index (χ1) is 20.5. The lowest BCUT2D eigenvalue weighted by Gasteiger charge is -2.40. The molecule has 0 saturated carbocycles. The number of benzene rings is 4. The molecule has 1 aromatic heterocycles. The number of aliphatic imine (C=N–C) groups is 2. The highest BCUT2D eigenvalue weighted by molar-refractivity contribution is 6.51. The Morgan fingerprint density at radius 1 is 0.762 bits per heavy atom. The van der Waals surface area contributed by atoms with Gasteiger partial charge in [-0.2, -0.15) is 5.10 Å². The molecule has 0 bridgehead atoms. The molecule has 0 saturated heterocycles. The third kappa shape index (κ3) is 4.28. The van der Waals surface area contributed by atoms with Gasteiger partial charge in [0.05, 0.1) is 43.0 Å². The fourth-order valence-electron chi connectivity index (χ4n) is 5.60. The molecule has 0 aliphatic carbocycles. The van der Waals surface area contributed by atoms with Gasteiger partial charge >= 0.3 is 0 Å². The first-order valence-electron chi connectivity index (χ1n) is 13.8. The van der Waals surface area contributed by atoms with E-state index in [2.05, 4.69) is 66.5 Å². The van der Waals surface area contributed by atoms with Crippen LogP contribution in [0.15, 0.2) is 107 Å². The summed E-state index contributed by atoms with van der Waals surface area (Å²) >= 11 is 0. The summed E-state index contributed by atoms with van der Waals surface area (Å²) < 4.78 is 13.0. The van der Waals surface area contributed by atoms with Crippen molar-refractivity contribution in [3.8, 4) is 17.2 Å². The van der Waals surface area contributed by atoms with Crippen molar-refractivity contribution in [2.24, 2.45) is 9.98 Å². The lowest BCUT2D eigenvalue weighted by Crippen LogP contribution is -2.46. The van der Waals surface area contributed by atoms with Gasteiger partial charge in [-0.05, 0) is 80.1 Å². The molecule has 0 spiro atoms. The highest BCUT2D eigenvalue weighted by atomic mass is 16.5. The van der Waals surface area contributed by atoms with Gasteiger partial charge in [0.15, 0.2) is 17.5 Å².